The standard InChI is InChI=1S/C16H27N3O.HI/c1-4-5-10-18-16(17)19-11-7-12-20-15-13(2)8-6-9-14(15)3;/h6,8-9H,4-5,7,10-12H2,1-3H3,(H3,17,18,19);1H. The quantitative estimate of drug-likeness (QED) is 0.302. The van der Waals surface area contributed by atoms with Crippen molar-refractivity contribution in [2.45, 2.75) is 40.0 Å². The van der Waals surface area contributed by atoms with Gasteiger partial charge in [0.15, 0.2) is 5.96 Å². The zero-order chi connectivity index (χ0) is 14.8. The number of ether oxygens (including phenoxy) is 1. The van der Waals surface area contributed by atoms with E-state index < -0.39 is 0 Å². The molecule has 0 bridgehead atoms. The van der Waals surface area contributed by atoms with Crippen LogP contribution >= 0.6 is 24.0 Å². The molecule has 0 saturated heterocycles. The molecule has 1 rings (SSSR count). The summed E-state index contributed by atoms with van der Waals surface area (Å²) in [5.74, 6) is 1.52. The van der Waals surface area contributed by atoms with E-state index in [1.54, 1.807) is 0 Å². The van der Waals surface area contributed by atoms with Gasteiger partial charge in [-0.1, -0.05) is 31.5 Å². The predicted octanol–water partition coefficient (Wildman–Crippen LogP) is 3.39. The summed E-state index contributed by atoms with van der Waals surface area (Å²) >= 11 is 0. The Morgan fingerprint density at radius 2 is 1.90 bits per heavy atom. The minimum atomic E-state index is 0. The molecule has 5 heteroatoms. The molecule has 1 aromatic rings. The Balaban J connectivity index is 0.00000400. The molecule has 0 aromatic heterocycles. The van der Waals surface area contributed by atoms with Crippen molar-refractivity contribution in [2.24, 2.45) is 10.7 Å². The van der Waals surface area contributed by atoms with Crippen LogP contribution in [0.15, 0.2) is 23.2 Å². The monoisotopic (exact) mass is 405 g/mol. The highest BCUT2D eigenvalue weighted by Gasteiger charge is 2.02. The molecule has 3 N–H and O–H groups in total. The highest BCUT2D eigenvalue weighted by molar-refractivity contribution is 14.0. The zero-order valence-corrected chi connectivity index (χ0v) is 15.6. The summed E-state index contributed by atoms with van der Waals surface area (Å²) in [6, 6.07) is 6.18. The van der Waals surface area contributed by atoms with Crippen LogP contribution in [0.25, 0.3) is 0 Å². The number of aliphatic imine (C=N–C) groups is 1. The normalized spacial score (nSPS) is 10.9. The number of nitrogens with one attached hydrogen (secondary N) is 1. The third-order valence-electron chi connectivity index (χ3n) is 3.08. The Kier molecular flexibility index (Phi) is 11.1. The van der Waals surface area contributed by atoms with Crippen LogP contribution in [-0.2, 0) is 0 Å². The Morgan fingerprint density at radius 1 is 1.24 bits per heavy atom. The molecule has 0 saturated carbocycles. The molecule has 0 unspecified atom stereocenters. The second-order valence-corrected chi connectivity index (χ2v) is 4.97. The van der Waals surface area contributed by atoms with Gasteiger partial charge in [-0.25, -0.2) is 0 Å². The fourth-order valence-electron chi connectivity index (χ4n) is 1.91. The number of rotatable bonds is 8. The van der Waals surface area contributed by atoms with E-state index in [-0.39, 0.29) is 24.0 Å². The molecule has 0 aliphatic carbocycles. The Bertz CT molecular complexity index is 415. The van der Waals surface area contributed by atoms with Gasteiger partial charge in [0, 0.05) is 19.5 Å². The van der Waals surface area contributed by atoms with Crippen molar-refractivity contribution >= 4 is 29.9 Å². The van der Waals surface area contributed by atoms with Gasteiger partial charge in [0.05, 0.1) is 6.61 Å². The summed E-state index contributed by atoms with van der Waals surface area (Å²) < 4.78 is 5.82. The molecule has 0 radical (unpaired) electrons. The maximum atomic E-state index is 5.82. The number of aryl methyl sites for hydroxylation is 2. The van der Waals surface area contributed by atoms with Crippen LogP contribution in [0.2, 0.25) is 0 Å². The van der Waals surface area contributed by atoms with Crippen molar-refractivity contribution in [3.8, 4) is 5.75 Å². The van der Waals surface area contributed by atoms with Gasteiger partial charge in [-0.2, -0.15) is 0 Å². The number of para-hydroxylation sites is 1. The lowest BCUT2D eigenvalue weighted by molar-refractivity contribution is 0.309. The SMILES string of the molecule is CCCCNC(N)=NCCCOc1c(C)cccc1C.I. The smallest absolute Gasteiger partial charge is 0.188 e. The predicted molar refractivity (Wildman–Crippen MR) is 101 cm³/mol. The van der Waals surface area contributed by atoms with Crippen LogP contribution in [-0.4, -0.2) is 25.7 Å². The summed E-state index contributed by atoms with van der Waals surface area (Å²) in [7, 11) is 0. The lowest BCUT2D eigenvalue weighted by Gasteiger charge is -2.11. The van der Waals surface area contributed by atoms with Crippen LogP contribution in [0.4, 0.5) is 0 Å². The van der Waals surface area contributed by atoms with E-state index in [1.807, 2.05) is 6.07 Å². The maximum Gasteiger partial charge on any atom is 0.188 e. The molecule has 0 aliphatic heterocycles. The number of halogens is 1. The van der Waals surface area contributed by atoms with Crippen LogP contribution in [0.1, 0.15) is 37.3 Å². The van der Waals surface area contributed by atoms with E-state index >= 15 is 0 Å². The minimum Gasteiger partial charge on any atom is -0.493 e. The topological polar surface area (TPSA) is 59.6 Å². The van der Waals surface area contributed by atoms with Gasteiger partial charge in [-0.3, -0.25) is 4.99 Å². The largest absolute Gasteiger partial charge is 0.493 e. The van der Waals surface area contributed by atoms with Gasteiger partial charge in [0.25, 0.3) is 0 Å². The molecule has 0 spiro atoms. The first-order chi connectivity index (χ1) is 9.65. The number of unbranched alkanes of at least 4 members (excludes halogenated alkanes) is 1. The number of hydrogen-bond donors (Lipinski definition) is 2. The van der Waals surface area contributed by atoms with Crippen molar-refractivity contribution in [3.63, 3.8) is 0 Å². The van der Waals surface area contributed by atoms with Gasteiger partial charge in [-0.05, 0) is 31.4 Å². The fraction of sp³-hybridized carbons (Fsp3) is 0.562. The number of nitrogens with zero attached hydrogens (tertiary/aromatic N) is 1. The molecular formula is C16H28IN3O. The van der Waals surface area contributed by atoms with Gasteiger partial charge in [0.1, 0.15) is 5.75 Å². The van der Waals surface area contributed by atoms with E-state index in [9.17, 15) is 0 Å². The van der Waals surface area contributed by atoms with Gasteiger partial charge in [-0.15, -0.1) is 24.0 Å². The Hall–Kier alpha value is -0.980. The third kappa shape index (κ3) is 8.14. The molecule has 0 amide bonds. The second-order valence-electron chi connectivity index (χ2n) is 4.97. The summed E-state index contributed by atoms with van der Waals surface area (Å²) in [6.07, 6.45) is 3.14. The number of benzene rings is 1. The number of hydrogen-bond acceptors (Lipinski definition) is 2. The number of nitrogens with two attached hydrogens (primary N) is 1. The van der Waals surface area contributed by atoms with Gasteiger partial charge < -0.3 is 15.8 Å². The van der Waals surface area contributed by atoms with Crippen LogP contribution in [0, 0.1) is 13.8 Å². The Morgan fingerprint density at radius 3 is 2.52 bits per heavy atom. The highest BCUT2D eigenvalue weighted by atomic mass is 127. The van der Waals surface area contributed by atoms with Crippen molar-refractivity contribution in [1.29, 1.82) is 0 Å². The average Bonchev–Trinajstić information content (AvgIpc) is 2.41. The zero-order valence-electron chi connectivity index (χ0n) is 13.3. The minimum absolute atomic E-state index is 0. The maximum absolute atomic E-state index is 5.82. The summed E-state index contributed by atoms with van der Waals surface area (Å²) in [5.41, 5.74) is 8.10. The van der Waals surface area contributed by atoms with Crippen molar-refractivity contribution in [1.82, 2.24) is 5.32 Å². The van der Waals surface area contributed by atoms with Crippen molar-refractivity contribution in [3.05, 3.63) is 29.3 Å². The molecule has 4 nitrogen and oxygen atoms in total. The van der Waals surface area contributed by atoms with Crippen LogP contribution in [0.3, 0.4) is 0 Å². The van der Waals surface area contributed by atoms with E-state index in [2.05, 4.69) is 43.2 Å². The second kappa shape index (κ2) is 11.7. The third-order valence-corrected chi connectivity index (χ3v) is 3.08. The highest BCUT2D eigenvalue weighted by Crippen LogP contribution is 2.22. The Labute approximate surface area is 145 Å². The molecule has 0 fully saturated rings. The van der Waals surface area contributed by atoms with Crippen LogP contribution in [0.5, 0.6) is 5.75 Å². The van der Waals surface area contributed by atoms with E-state index in [0.717, 1.165) is 31.6 Å². The fourth-order valence-corrected chi connectivity index (χ4v) is 1.91. The lowest BCUT2D eigenvalue weighted by Crippen LogP contribution is -2.32. The van der Waals surface area contributed by atoms with Crippen molar-refractivity contribution in [2.75, 3.05) is 19.7 Å². The first kappa shape index (κ1) is 20.0. The van der Waals surface area contributed by atoms with E-state index in [1.165, 1.54) is 11.1 Å². The molecular weight excluding hydrogens is 377 g/mol. The molecule has 120 valence electrons. The van der Waals surface area contributed by atoms with Gasteiger partial charge in [0.2, 0.25) is 0 Å². The molecule has 0 aliphatic rings. The van der Waals surface area contributed by atoms with Gasteiger partial charge >= 0.3 is 0 Å². The first-order valence-corrected chi connectivity index (χ1v) is 7.38. The average molecular weight is 405 g/mol. The van der Waals surface area contributed by atoms with Crippen LogP contribution < -0.4 is 15.8 Å². The van der Waals surface area contributed by atoms with Crippen molar-refractivity contribution < 1.29 is 4.74 Å². The molecule has 21 heavy (non-hydrogen) atoms. The summed E-state index contributed by atoms with van der Waals surface area (Å²) in [4.78, 5) is 4.28. The lowest BCUT2D eigenvalue weighted by atomic mass is 10.1. The summed E-state index contributed by atoms with van der Waals surface area (Å²) in [5, 5.41) is 3.10. The van der Waals surface area contributed by atoms with E-state index in [4.69, 9.17) is 10.5 Å². The molecule has 1 aromatic carbocycles. The summed E-state index contributed by atoms with van der Waals surface area (Å²) in [6.45, 7) is 8.53. The molecule has 0 heterocycles. The van der Waals surface area contributed by atoms with E-state index in [0.29, 0.717) is 19.1 Å². The molecule has 0 atom stereocenters. The first-order valence-electron chi connectivity index (χ1n) is 7.38. The number of guanidine groups is 1.